The van der Waals surface area contributed by atoms with Crippen molar-refractivity contribution < 1.29 is 31.4 Å². The van der Waals surface area contributed by atoms with Crippen LogP contribution in [-0.2, 0) is 16.4 Å². The van der Waals surface area contributed by atoms with Crippen LogP contribution in [0.25, 0.3) is 0 Å². The van der Waals surface area contributed by atoms with Crippen molar-refractivity contribution in [3.8, 4) is 17.2 Å². The zero-order valence-corrected chi connectivity index (χ0v) is 18.3. The number of nitrogens with zero attached hydrogens (tertiary/aromatic N) is 1. The fourth-order valence-corrected chi connectivity index (χ4v) is 4.84. The molecule has 0 saturated carbocycles. The Hall–Kier alpha value is -1.57. The van der Waals surface area contributed by atoms with Gasteiger partial charge in [0.15, 0.2) is 27.3 Å². The highest BCUT2D eigenvalue weighted by molar-refractivity contribution is 14.0. The molecule has 28 heavy (non-hydrogen) atoms. The summed E-state index contributed by atoms with van der Waals surface area (Å²) < 4.78 is 63.4. The molecule has 8 nitrogen and oxygen atoms in total. The summed E-state index contributed by atoms with van der Waals surface area (Å²) in [4.78, 5) is 4.06. The summed E-state index contributed by atoms with van der Waals surface area (Å²) in [7, 11) is -1.38. The summed E-state index contributed by atoms with van der Waals surface area (Å²) in [5.74, 6) is 1.60. The van der Waals surface area contributed by atoms with Gasteiger partial charge in [-0.1, -0.05) is 0 Å². The van der Waals surface area contributed by atoms with Gasteiger partial charge in [-0.25, -0.2) is 8.42 Å². The molecule has 12 heteroatoms. The van der Waals surface area contributed by atoms with Gasteiger partial charge < -0.3 is 24.8 Å². The maximum absolute atomic E-state index is 12.7. The minimum atomic E-state index is -2.97. The maximum Gasteiger partial charge on any atom is 0.387 e. The number of ether oxygens (including phenoxy) is 3. The van der Waals surface area contributed by atoms with Gasteiger partial charge in [0.1, 0.15) is 5.75 Å². The SMILES string of the molecule is CN=C(NCc1cc2c(cc1OC(F)F)OCO2)NCC1CCS(=O)(=O)C1.I. The van der Waals surface area contributed by atoms with E-state index in [2.05, 4.69) is 20.4 Å². The number of nitrogens with one attached hydrogen (secondary N) is 2. The number of sulfone groups is 1. The van der Waals surface area contributed by atoms with Crippen LogP contribution in [0.5, 0.6) is 17.2 Å². The number of hydrogen-bond acceptors (Lipinski definition) is 6. The van der Waals surface area contributed by atoms with Crippen molar-refractivity contribution in [1.29, 1.82) is 0 Å². The molecule has 158 valence electrons. The molecule has 1 atom stereocenters. The van der Waals surface area contributed by atoms with Gasteiger partial charge >= 0.3 is 6.61 Å². The fraction of sp³-hybridized carbons (Fsp3) is 0.562. The van der Waals surface area contributed by atoms with E-state index in [9.17, 15) is 17.2 Å². The zero-order chi connectivity index (χ0) is 19.4. The summed E-state index contributed by atoms with van der Waals surface area (Å²) in [6.45, 7) is -2.33. The maximum atomic E-state index is 12.7. The Morgan fingerprint density at radius 3 is 2.64 bits per heavy atom. The van der Waals surface area contributed by atoms with Crippen molar-refractivity contribution in [3.63, 3.8) is 0 Å². The van der Waals surface area contributed by atoms with Crippen molar-refractivity contribution >= 4 is 39.8 Å². The number of benzene rings is 1. The molecule has 0 bridgehead atoms. The van der Waals surface area contributed by atoms with Gasteiger partial charge in [0.05, 0.1) is 11.5 Å². The molecular weight excluding hydrogens is 511 g/mol. The van der Waals surface area contributed by atoms with Gasteiger partial charge in [-0.2, -0.15) is 8.78 Å². The minimum Gasteiger partial charge on any atom is -0.454 e. The van der Waals surface area contributed by atoms with Gasteiger partial charge in [0.2, 0.25) is 6.79 Å². The molecule has 3 rings (SSSR count). The first-order chi connectivity index (χ1) is 12.9. The van der Waals surface area contributed by atoms with Gasteiger partial charge in [-0.15, -0.1) is 24.0 Å². The third kappa shape index (κ3) is 5.96. The Bertz CT molecular complexity index is 823. The second kappa shape index (κ2) is 9.76. The molecule has 1 aromatic rings. The molecule has 1 fully saturated rings. The highest BCUT2D eigenvalue weighted by Gasteiger charge is 2.27. The average molecular weight is 533 g/mol. The van der Waals surface area contributed by atoms with Crippen LogP contribution < -0.4 is 24.8 Å². The number of alkyl halides is 2. The van der Waals surface area contributed by atoms with E-state index in [1.807, 2.05) is 0 Å². The van der Waals surface area contributed by atoms with Crippen LogP contribution in [0, 0.1) is 5.92 Å². The van der Waals surface area contributed by atoms with Crippen LogP contribution in [0.4, 0.5) is 8.78 Å². The Morgan fingerprint density at radius 2 is 2.04 bits per heavy atom. The second-order valence-corrected chi connectivity index (χ2v) is 8.50. The number of hydrogen-bond donors (Lipinski definition) is 2. The fourth-order valence-electron chi connectivity index (χ4n) is 2.98. The van der Waals surface area contributed by atoms with Crippen molar-refractivity contribution in [2.75, 3.05) is 31.9 Å². The molecule has 2 heterocycles. The number of guanidine groups is 1. The van der Waals surface area contributed by atoms with Gasteiger partial charge in [-0.05, 0) is 18.4 Å². The molecule has 0 aliphatic carbocycles. The quantitative estimate of drug-likeness (QED) is 0.327. The standard InChI is InChI=1S/C16H21F2N3O5S.HI/c1-19-16(20-6-10-2-3-27(22,23)8-10)21-7-11-4-13-14(25-9-24-13)5-12(11)26-15(17)18;/h4-5,10,15H,2-3,6-9H2,1H3,(H2,19,20,21);1H. The lowest BCUT2D eigenvalue weighted by Crippen LogP contribution is -2.39. The molecule has 0 spiro atoms. The van der Waals surface area contributed by atoms with E-state index in [0.717, 1.165) is 0 Å². The van der Waals surface area contributed by atoms with Gasteiger partial charge in [0, 0.05) is 31.8 Å². The normalized spacial score (nSPS) is 20.0. The zero-order valence-electron chi connectivity index (χ0n) is 15.1. The summed E-state index contributed by atoms with van der Waals surface area (Å²) in [5.41, 5.74) is 0.450. The summed E-state index contributed by atoms with van der Waals surface area (Å²) >= 11 is 0. The number of fused-ring (bicyclic) bond motifs is 1. The van der Waals surface area contributed by atoms with Gasteiger partial charge in [-0.3, -0.25) is 4.99 Å². The van der Waals surface area contributed by atoms with E-state index < -0.39 is 16.4 Å². The number of rotatable bonds is 6. The van der Waals surface area contributed by atoms with Crippen LogP contribution in [0.15, 0.2) is 17.1 Å². The molecule has 2 N–H and O–H groups in total. The monoisotopic (exact) mass is 533 g/mol. The molecular formula is C16H22F2IN3O5S. The molecule has 1 unspecified atom stereocenters. The lowest BCUT2D eigenvalue weighted by Gasteiger charge is -2.16. The molecule has 1 saturated heterocycles. The number of halogens is 3. The van der Waals surface area contributed by atoms with Gasteiger partial charge in [0.25, 0.3) is 0 Å². The molecule has 0 radical (unpaired) electrons. The lowest BCUT2D eigenvalue weighted by atomic mass is 10.1. The summed E-state index contributed by atoms with van der Waals surface area (Å²) in [5, 5.41) is 6.06. The van der Waals surface area contributed by atoms with E-state index in [-0.39, 0.29) is 60.5 Å². The third-order valence-corrected chi connectivity index (χ3v) is 6.16. The Kier molecular flexibility index (Phi) is 7.92. The summed E-state index contributed by atoms with van der Waals surface area (Å²) in [6, 6.07) is 2.94. The van der Waals surface area contributed by atoms with Crippen LogP contribution in [-0.4, -0.2) is 52.9 Å². The van der Waals surface area contributed by atoms with E-state index in [4.69, 9.17) is 9.47 Å². The summed E-state index contributed by atoms with van der Waals surface area (Å²) in [6.07, 6.45) is 0.612. The van der Waals surface area contributed by atoms with Crippen LogP contribution in [0.1, 0.15) is 12.0 Å². The molecule has 2 aliphatic rings. The molecule has 0 aromatic heterocycles. The first-order valence-electron chi connectivity index (χ1n) is 8.38. The van der Waals surface area contributed by atoms with Crippen LogP contribution >= 0.6 is 24.0 Å². The minimum absolute atomic E-state index is 0. The average Bonchev–Trinajstić information content (AvgIpc) is 3.19. The topological polar surface area (TPSA) is 98.2 Å². The molecule has 1 aromatic carbocycles. The second-order valence-electron chi connectivity index (χ2n) is 6.27. The lowest BCUT2D eigenvalue weighted by molar-refractivity contribution is -0.0505. The third-order valence-electron chi connectivity index (χ3n) is 4.33. The van der Waals surface area contributed by atoms with E-state index >= 15 is 0 Å². The Balaban J connectivity index is 0.00000280. The Labute approximate surface area is 179 Å². The van der Waals surface area contributed by atoms with E-state index in [0.29, 0.717) is 36.0 Å². The smallest absolute Gasteiger partial charge is 0.387 e. The van der Waals surface area contributed by atoms with E-state index in [1.54, 1.807) is 13.1 Å². The first kappa shape index (κ1) is 22.7. The molecule has 0 amide bonds. The highest BCUT2D eigenvalue weighted by atomic mass is 127. The predicted octanol–water partition coefficient (Wildman–Crippen LogP) is 1.73. The number of aliphatic imine (C=N–C) groups is 1. The van der Waals surface area contributed by atoms with Crippen LogP contribution in [0.2, 0.25) is 0 Å². The Morgan fingerprint density at radius 1 is 1.32 bits per heavy atom. The van der Waals surface area contributed by atoms with Crippen molar-refractivity contribution in [3.05, 3.63) is 17.7 Å². The van der Waals surface area contributed by atoms with Crippen molar-refractivity contribution in [1.82, 2.24) is 10.6 Å². The predicted molar refractivity (Wildman–Crippen MR) is 110 cm³/mol. The van der Waals surface area contributed by atoms with Crippen LogP contribution in [0.3, 0.4) is 0 Å². The van der Waals surface area contributed by atoms with E-state index in [1.165, 1.54) is 6.07 Å². The van der Waals surface area contributed by atoms with Crippen molar-refractivity contribution in [2.45, 2.75) is 19.6 Å². The first-order valence-corrected chi connectivity index (χ1v) is 10.2. The van der Waals surface area contributed by atoms with Crippen molar-refractivity contribution in [2.24, 2.45) is 10.9 Å². The largest absolute Gasteiger partial charge is 0.454 e. The molecule has 2 aliphatic heterocycles. The highest BCUT2D eigenvalue weighted by Crippen LogP contribution is 2.38.